The minimum absolute atomic E-state index is 0.144. The van der Waals surface area contributed by atoms with E-state index in [1.54, 1.807) is 6.92 Å². The van der Waals surface area contributed by atoms with E-state index in [-0.39, 0.29) is 17.9 Å². The molecule has 1 rings (SSSR count). The highest BCUT2D eigenvalue weighted by molar-refractivity contribution is 4.86. The summed E-state index contributed by atoms with van der Waals surface area (Å²) in [6, 6.07) is 0.144. The van der Waals surface area contributed by atoms with E-state index >= 15 is 0 Å². The zero-order chi connectivity index (χ0) is 8.65. The second-order valence-corrected chi connectivity index (χ2v) is 3.68. The van der Waals surface area contributed by atoms with Crippen molar-refractivity contribution in [2.45, 2.75) is 38.6 Å². The van der Waals surface area contributed by atoms with Crippen LogP contribution < -0.4 is 0 Å². The van der Waals surface area contributed by atoms with Gasteiger partial charge in [0.1, 0.15) is 5.72 Å². The second-order valence-electron chi connectivity index (χ2n) is 3.68. The van der Waals surface area contributed by atoms with Crippen LogP contribution in [0.3, 0.4) is 0 Å². The third-order valence-electron chi connectivity index (χ3n) is 2.51. The van der Waals surface area contributed by atoms with Gasteiger partial charge in [0.25, 0.3) is 0 Å². The molecule has 0 bridgehead atoms. The number of nitrogens with zero attached hydrogens (tertiary/aromatic N) is 1. The minimum atomic E-state index is -0.318. The number of hydrogen-bond acceptors (Lipinski definition) is 3. The van der Waals surface area contributed by atoms with E-state index in [1.165, 1.54) is 0 Å². The van der Waals surface area contributed by atoms with Crippen molar-refractivity contribution in [3.05, 3.63) is 0 Å². The van der Waals surface area contributed by atoms with E-state index in [0.29, 0.717) is 6.61 Å². The van der Waals surface area contributed by atoms with Gasteiger partial charge in [0, 0.05) is 0 Å². The zero-order valence-corrected chi connectivity index (χ0v) is 7.66. The summed E-state index contributed by atoms with van der Waals surface area (Å²) in [5.74, 6) is 0. The quantitative estimate of drug-likeness (QED) is 0.602. The number of aliphatic hydroxyl groups is 1. The molecular weight excluding hydrogens is 142 g/mol. The lowest BCUT2D eigenvalue weighted by atomic mass is 10.1. The number of aliphatic hydroxyl groups excluding tert-OH is 1. The van der Waals surface area contributed by atoms with E-state index in [1.807, 2.05) is 20.9 Å². The van der Waals surface area contributed by atoms with Gasteiger partial charge in [0.2, 0.25) is 0 Å². The van der Waals surface area contributed by atoms with Gasteiger partial charge in [-0.2, -0.15) is 0 Å². The fourth-order valence-electron chi connectivity index (χ4n) is 1.37. The maximum atomic E-state index is 9.33. The SMILES string of the molecule is CC(O)[C@H]1COC(C)(C)N1C. The molecule has 0 aromatic heterocycles. The Labute approximate surface area is 68.0 Å². The summed E-state index contributed by atoms with van der Waals surface area (Å²) in [5, 5.41) is 9.33. The van der Waals surface area contributed by atoms with Crippen molar-refractivity contribution in [3.8, 4) is 0 Å². The first kappa shape index (κ1) is 8.97. The predicted octanol–water partition coefficient (Wildman–Crippen LogP) is 0.434. The third-order valence-corrected chi connectivity index (χ3v) is 2.51. The largest absolute Gasteiger partial charge is 0.392 e. The Balaban J connectivity index is 2.63. The first-order chi connectivity index (χ1) is 4.95. The molecule has 66 valence electrons. The highest BCUT2D eigenvalue weighted by Crippen LogP contribution is 2.26. The van der Waals surface area contributed by atoms with Crippen molar-refractivity contribution in [1.82, 2.24) is 4.90 Å². The monoisotopic (exact) mass is 159 g/mol. The van der Waals surface area contributed by atoms with Crippen LogP contribution in [0.4, 0.5) is 0 Å². The van der Waals surface area contributed by atoms with Crippen molar-refractivity contribution in [2.24, 2.45) is 0 Å². The molecule has 1 fully saturated rings. The molecule has 3 heteroatoms. The molecule has 3 nitrogen and oxygen atoms in total. The molecule has 2 atom stereocenters. The van der Waals surface area contributed by atoms with Crippen LogP contribution in [0, 0.1) is 0 Å². The average Bonchev–Trinajstić information content (AvgIpc) is 2.09. The van der Waals surface area contributed by atoms with Gasteiger partial charge in [0.15, 0.2) is 0 Å². The van der Waals surface area contributed by atoms with Crippen LogP contribution in [-0.2, 0) is 4.74 Å². The minimum Gasteiger partial charge on any atom is -0.392 e. The van der Waals surface area contributed by atoms with E-state index in [9.17, 15) is 5.11 Å². The molecule has 0 aliphatic carbocycles. The van der Waals surface area contributed by atoms with E-state index in [4.69, 9.17) is 4.74 Å². The summed E-state index contributed by atoms with van der Waals surface area (Å²) >= 11 is 0. The Morgan fingerprint density at radius 2 is 2.18 bits per heavy atom. The van der Waals surface area contributed by atoms with E-state index in [2.05, 4.69) is 4.90 Å². The first-order valence-electron chi connectivity index (χ1n) is 4.00. The highest BCUT2D eigenvalue weighted by Gasteiger charge is 2.39. The molecule has 0 radical (unpaired) electrons. The summed E-state index contributed by atoms with van der Waals surface area (Å²) in [4.78, 5) is 2.07. The lowest BCUT2D eigenvalue weighted by Gasteiger charge is -2.30. The van der Waals surface area contributed by atoms with Crippen molar-refractivity contribution < 1.29 is 9.84 Å². The van der Waals surface area contributed by atoms with Gasteiger partial charge in [-0.05, 0) is 27.8 Å². The molecule has 0 aromatic carbocycles. The van der Waals surface area contributed by atoms with Crippen molar-refractivity contribution in [1.29, 1.82) is 0 Å². The second kappa shape index (κ2) is 2.73. The van der Waals surface area contributed by atoms with Gasteiger partial charge in [-0.25, -0.2) is 0 Å². The summed E-state index contributed by atoms with van der Waals surface area (Å²) in [5.41, 5.74) is -0.221. The first-order valence-corrected chi connectivity index (χ1v) is 4.00. The summed E-state index contributed by atoms with van der Waals surface area (Å²) in [7, 11) is 1.98. The molecule has 1 unspecified atom stereocenters. The van der Waals surface area contributed by atoms with Crippen molar-refractivity contribution >= 4 is 0 Å². The maximum absolute atomic E-state index is 9.33. The lowest BCUT2D eigenvalue weighted by Crippen LogP contribution is -2.44. The summed E-state index contributed by atoms with van der Waals surface area (Å²) < 4.78 is 5.49. The molecule has 11 heavy (non-hydrogen) atoms. The molecule has 0 spiro atoms. The van der Waals surface area contributed by atoms with Gasteiger partial charge < -0.3 is 9.84 Å². The Bertz CT molecular complexity index is 145. The number of ether oxygens (including phenoxy) is 1. The Kier molecular flexibility index (Phi) is 2.23. The lowest BCUT2D eigenvalue weighted by molar-refractivity contribution is -0.0453. The van der Waals surface area contributed by atoms with Crippen LogP contribution in [-0.4, -0.2) is 41.5 Å². The van der Waals surface area contributed by atoms with E-state index < -0.39 is 0 Å². The molecule has 1 saturated heterocycles. The highest BCUT2D eigenvalue weighted by atomic mass is 16.5. The molecule has 1 heterocycles. The Morgan fingerprint density at radius 1 is 1.64 bits per heavy atom. The van der Waals surface area contributed by atoms with Gasteiger partial charge in [0.05, 0.1) is 18.8 Å². The van der Waals surface area contributed by atoms with Crippen LogP contribution in [0.1, 0.15) is 20.8 Å². The maximum Gasteiger partial charge on any atom is 0.116 e. The topological polar surface area (TPSA) is 32.7 Å². The average molecular weight is 159 g/mol. The predicted molar refractivity (Wildman–Crippen MR) is 43.3 cm³/mol. The van der Waals surface area contributed by atoms with Gasteiger partial charge >= 0.3 is 0 Å². The molecular formula is C8H17NO2. The summed E-state index contributed by atoms with van der Waals surface area (Å²) in [6.45, 7) is 6.44. The van der Waals surface area contributed by atoms with Gasteiger partial charge in [-0.15, -0.1) is 0 Å². The third kappa shape index (κ3) is 1.55. The standard InChI is InChI=1S/C8H17NO2/c1-6(10)7-5-11-8(2,3)9(7)4/h6-7,10H,5H2,1-4H3/t6?,7-/m1/s1. The molecule has 0 amide bonds. The van der Waals surface area contributed by atoms with Crippen LogP contribution in [0.15, 0.2) is 0 Å². The van der Waals surface area contributed by atoms with Crippen molar-refractivity contribution in [2.75, 3.05) is 13.7 Å². The fraction of sp³-hybridized carbons (Fsp3) is 1.00. The molecule has 1 aliphatic rings. The number of hydrogen-bond donors (Lipinski definition) is 1. The fourth-order valence-corrected chi connectivity index (χ4v) is 1.37. The molecule has 0 saturated carbocycles. The number of likely N-dealkylation sites (N-methyl/N-ethyl adjacent to an activating group) is 1. The summed E-state index contributed by atoms with van der Waals surface area (Å²) in [6.07, 6.45) is -0.318. The van der Waals surface area contributed by atoms with Crippen LogP contribution in [0.25, 0.3) is 0 Å². The Hall–Kier alpha value is -0.120. The molecule has 0 aromatic rings. The number of rotatable bonds is 1. The van der Waals surface area contributed by atoms with Gasteiger partial charge in [-0.3, -0.25) is 4.90 Å². The molecule has 1 N–H and O–H groups in total. The van der Waals surface area contributed by atoms with E-state index in [0.717, 1.165) is 0 Å². The Morgan fingerprint density at radius 3 is 2.36 bits per heavy atom. The zero-order valence-electron chi connectivity index (χ0n) is 7.66. The van der Waals surface area contributed by atoms with Gasteiger partial charge in [-0.1, -0.05) is 0 Å². The van der Waals surface area contributed by atoms with Crippen molar-refractivity contribution in [3.63, 3.8) is 0 Å². The normalized spacial score (nSPS) is 34.1. The molecule has 1 aliphatic heterocycles. The van der Waals surface area contributed by atoms with Crippen LogP contribution in [0.2, 0.25) is 0 Å². The smallest absolute Gasteiger partial charge is 0.116 e. The van der Waals surface area contributed by atoms with Crippen LogP contribution in [0.5, 0.6) is 0 Å². The van der Waals surface area contributed by atoms with Crippen LogP contribution >= 0.6 is 0 Å².